The van der Waals surface area contributed by atoms with Crippen molar-refractivity contribution in [3.05, 3.63) is 76.9 Å². The zero-order valence-corrected chi connectivity index (χ0v) is 16.2. The number of carbonyl (C=O) groups is 1. The molecule has 3 heteroatoms. The Morgan fingerprint density at radius 1 is 1.00 bits per heavy atom. The molecule has 0 aromatic heterocycles. The summed E-state index contributed by atoms with van der Waals surface area (Å²) in [6.07, 6.45) is 3.59. The monoisotopic (exact) mass is 338 g/mol. The largest absolute Gasteiger partial charge is 0.333 e. The Balaban J connectivity index is 0.00000134. The molecular weight excluding hydrogens is 308 g/mol. The van der Waals surface area contributed by atoms with Crippen molar-refractivity contribution in [3.63, 3.8) is 0 Å². The van der Waals surface area contributed by atoms with Crippen LogP contribution in [0.1, 0.15) is 49.2 Å². The first-order valence-electron chi connectivity index (χ1n) is 8.57. The molecule has 2 aromatic rings. The lowest BCUT2D eigenvalue weighted by Crippen LogP contribution is -2.04. The molecule has 3 nitrogen and oxygen atoms in total. The summed E-state index contributed by atoms with van der Waals surface area (Å²) in [4.78, 5) is 16.9. The van der Waals surface area contributed by atoms with Gasteiger partial charge in [-0.3, -0.25) is 9.79 Å². The summed E-state index contributed by atoms with van der Waals surface area (Å²) in [5, 5.41) is 0. The summed E-state index contributed by atoms with van der Waals surface area (Å²) >= 11 is 0. The number of hydrogen-bond acceptors (Lipinski definition) is 3. The Hall–Kier alpha value is -2.52. The molecule has 0 saturated carbocycles. The third-order valence-electron chi connectivity index (χ3n) is 3.45. The topological polar surface area (TPSA) is 55.5 Å². The van der Waals surface area contributed by atoms with Gasteiger partial charge in [0.25, 0.3) is 0 Å². The van der Waals surface area contributed by atoms with E-state index >= 15 is 0 Å². The van der Waals surface area contributed by atoms with Crippen LogP contribution in [0.2, 0.25) is 0 Å². The Labute approximate surface area is 152 Å². The van der Waals surface area contributed by atoms with Crippen LogP contribution in [0.5, 0.6) is 0 Å². The SMILES string of the molecule is C/C=C(/C)C(=O)c1ccccc1C=Nc1ccccc1C.CC.CN. The number of nitrogens with zero attached hydrogens (tertiary/aromatic N) is 1. The summed E-state index contributed by atoms with van der Waals surface area (Å²) in [7, 11) is 1.50. The molecule has 2 aromatic carbocycles. The van der Waals surface area contributed by atoms with Gasteiger partial charge in [-0.2, -0.15) is 0 Å². The normalized spacial score (nSPS) is 10.4. The van der Waals surface area contributed by atoms with E-state index in [4.69, 9.17) is 0 Å². The number of aryl methyl sites for hydroxylation is 1. The molecule has 0 spiro atoms. The number of aliphatic imine (C=N–C) groups is 1. The van der Waals surface area contributed by atoms with Crippen LogP contribution < -0.4 is 5.73 Å². The lowest BCUT2D eigenvalue weighted by molar-refractivity contribution is 0.103. The van der Waals surface area contributed by atoms with Gasteiger partial charge in [0, 0.05) is 17.3 Å². The van der Waals surface area contributed by atoms with Gasteiger partial charge < -0.3 is 5.73 Å². The number of para-hydroxylation sites is 1. The highest BCUT2D eigenvalue weighted by molar-refractivity contribution is 6.12. The Kier molecular flexibility index (Phi) is 11.6. The fraction of sp³-hybridized carbons (Fsp3) is 0.273. The van der Waals surface area contributed by atoms with Crippen molar-refractivity contribution in [2.45, 2.75) is 34.6 Å². The second-order valence-corrected chi connectivity index (χ2v) is 4.93. The van der Waals surface area contributed by atoms with E-state index in [-0.39, 0.29) is 5.78 Å². The van der Waals surface area contributed by atoms with Crippen LogP contribution in [0, 0.1) is 6.92 Å². The van der Waals surface area contributed by atoms with E-state index in [9.17, 15) is 4.79 Å². The van der Waals surface area contributed by atoms with Crippen LogP contribution in [-0.4, -0.2) is 19.0 Å². The second kappa shape index (κ2) is 12.8. The van der Waals surface area contributed by atoms with Gasteiger partial charge in [-0.1, -0.05) is 62.4 Å². The van der Waals surface area contributed by atoms with Crippen molar-refractivity contribution in [2.75, 3.05) is 7.05 Å². The second-order valence-electron chi connectivity index (χ2n) is 4.93. The van der Waals surface area contributed by atoms with E-state index < -0.39 is 0 Å². The third kappa shape index (κ3) is 6.86. The summed E-state index contributed by atoms with van der Waals surface area (Å²) in [5.41, 5.74) is 8.80. The maximum atomic E-state index is 12.3. The van der Waals surface area contributed by atoms with Gasteiger partial charge in [0.15, 0.2) is 5.78 Å². The zero-order valence-electron chi connectivity index (χ0n) is 16.2. The molecule has 0 aliphatic rings. The Morgan fingerprint density at radius 3 is 2.16 bits per heavy atom. The maximum absolute atomic E-state index is 12.3. The van der Waals surface area contributed by atoms with Crippen molar-refractivity contribution < 1.29 is 4.79 Å². The number of Topliss-reactive ketones (excluding diaryl/α,β-unsaturated/α-hetero) is 1. The highest BCUT2D eigenvalue weighted by atomic mass is 16.1. The fourth-order valence-electron chi connectivity index (χ4n) is 2.01. The first kappa shape index (κ1) is 22.5. The van der Waals surface area contributed by atoms with Crippen molar-refractivity contribution in [2.24, 2.45) is 10.7 Å². The van der Waals surface area contributed by atoms with Crippen LogP contribution in [-0.2, 0) is 0 Å². The van der Waals surface area contributed by atoms with E-state index in [0.717, 1.165) is 22.4 Å². The number of benzene rings is 2. The van der Waals surface area contributed by atoms with Crippen molar-refractivity contribution in [1.29, 1.82) is 0 Å². The van der Waals surface area contributed by atoms with E-state index in [2.05, 4.69) is 10.7 Å². The van der Waals surface area contributed by atoms with Gasteiger partial charge in [0.05, 0.1) is 5.69 Å². The first-order chi connectivity index (χ1) is 12.1. The standard InChI is InChI=1S/C19H19NO.C2H6.CH5N/c1-4-14(2)19(21)17-11-7-6-10-16(17)13-20-18-12-8-5-9-15(18)3;2*1-2/h4-13H,1-3H3;1-2H3;2H2,1H3/b14-4-,20-13?;;. The average Bonchev–Trinajstić information content (AvgIpc) is 2.69. The fourth-order valence-corrected chi connectivity index (χ4v) is 2.01. The van der Waals surface area contributed by atoms with Gasteiger partial charge in [-0.05, 0) is 45.0 Å². The van der Waals surface area contributed by atoms with Gasteiger partial charge in [-0.15, -0.1) is 0 Å². The number of allylic oxidation sites excluding steroid dienone is 2. The smallest absolute Gasteiger partial charge is 0.189 e. The molecular formula is C22H30N2O. The number of nitrogens with two attached hydrogens (primary N) is 1. The summed E-state index contributed by atoms with van der Waals surface area (Å²) < 4.78 is 0. The third-order valence-corrected chi connectivity index (χ3v) is 3.45. The van der Waals surface area contributed by atoms with Gasteiger partial charge in [0.1, 0.15) is 0 Å². The number of carbonyl (C=O) groups excluding carboxylic acids is 1. The Morgan fingerprint density at radius 2 is 1.56 bits per heavy atom. The molecule has 2 N–H and O–H groups in total. The average molecular weight is 338 g/mol. The van der Waals surface area contributed by atoms with E-state index in [1.54, 1.807) is 6.21 Å². The molecule has 25 heavy (non-hydrogen) atoms. The molecule has 0 bridgehead atoms. The molecule has 0 atom stereocenters. The zero-order chi connectivity index (χ0) is 19.2. The van der Waals surface area contributed by atoms with Crippen LogP contribution >= 0.6 is 0 Å². The lowest BCUT2D eigenvalue weighted by atomic mass is 9.99. The lowest BCUT2D eigenvalue weighted by Gasteiger charge is -2.05. The molecule has 0 heterocycles. The van der Waals surface area contributed by atoms with Gasteiger partial charge >= 0.3 is 0 Å². The summed E-state index contributed by atoms with van der Waals surface area (Å²) in [6, 6.07) is 15.5. The van der Waals surface area contributed by atoms with Gasteiger partial charge in [-0.25, -0.2) is 0 Å². The molecule has 2 rings (SSSR count). The predicted molar refractivity (Wildman–Crippen MR) is 110 cm³/mol. The van der Waals surface area contributed by atoms with Crippen molar-refractivity contribution in [3.8, 4) is 0 Å². The minimum atomic E-state index is 0.0457. The van der Waals surface area contributed by atoms with E-state index in [1.165, 1.54) is 7.05 Å². The quantitative estimate of drug-likeness (QED) is 0.455. The van der Waals surface area contributed by atoms with Crippen LogP contribution in [0.15, 0.2) is 65.2 Å². The predicted octanol–water partition coefficient (Wildman–Crippen LogP) is 5.50. The maximum Gasteiger partial charge on any atom is 0.189 e. The van der Waals surface area contributed by atoms with Crippen molar-refractivity contribution in [1.82, 2.24) is 0 Å². The molecule has 0 unspecified atom stereocenters. The van der Waals surface area contributed by atoms with E-state index in [0.29, 0.717) is 5.56 Å². The molecule has 0 aliphatic heterocycles. The molecule has 0 radical (unpaired) electrons. The highest BCUT2D eigenvalue weighted by Gasteiger charge is 2.10. The number of ketones is 1. The first-order valence-corrected chi connectivity index (χ1v) is 8.57. The molecule has 0 saturated heterocycles. The van der Waals surface area contributed by atoms with Crippen LogP contribution in [0.25, 0.3) is 0 Å². The summed E-state index contributed by atoms with van der Waals surface area (Å²) in [5.74, 6) is 0.0457. The number of rotatable bonds is 4. The number of hydrogen-bond donors (Lipinski definition) is 1. The molecule has 0 fully saturated rings. The summed E-state index contributed by atoms with van der Waals surface area (Å²) in [6.45, 7) is 9.72. The van der Waals surface area contributed by atoms with E-state index in [1.807, 2.05) is 89.2 Å². The van der Waals surface area contributed by atoms with Crippen molar-refractivity contribution >= 4 is 17.7 Å². The van der Waals surface area contributed by atoms with Crippen LogP contribution in [0.4, 0.5) is 5.69 Å². The van der Waals surface area contributed by atoms with Crippen LogP contribution in [0.3, 0.4) is 0 Å². The molecule has 0 amide bonds. The minimum Gasteiger partial charge on any atom is -0.333 e. The molecule has 134 valence electrons. The Bertz CT molecular complexity index is 715. The highest BCUT2D eigenvalue weighted by Crippen LogP contribution is 2.18. The van der Waals surface area contributed by atoms with Gasteiger partial charge in [0.2, 0.25) is 0 Å². The molecule has 0 aliphatic carbocycles. The minimum absolute atomic E-state index is 0.0457.